The van der Waals surface area contributed by atoms with Crippen LogP contribution in [0.5, 0.6) is 5.75 Å². The Morgan fingerprint density at radius 3 is 2.47 bits per heavy atom. The van der Waals surface area contributed by atoms with E-state index in [4.69, 9.17) is 28.0 Å². The van der Waals surface area contributed by atoms with Gasteiger partial charge in [0.15, 0.2) is 0 Å². The largest absolute Gasteiger partial charge is 0.497 e. The highest BCUT2D eigenvalue weighted by Crippen LogP contribution is 2.13. The average molecular weight is 218 g/mol. The van der Waals surface area contributed by atoms with Gasteiger partial charge >= 0.3 is 0 Å². The number of hydrogen-bond donors (Lipinski definition) is 1. The number of nitriles is 1. The van der Waals surface area contributed by atoms with E-state index in [-0.39, 0.29) is 4.99 Å². The van der Waals surface area contributed by atoms with Crippen LogP contribution in [-0.4, -0.2) is 12.1 Å². The van der Waals surface area contributed by atoms with Crippen LogP contribution in [0, 0.1) is 11.3 Å². The first-order valence-electron chi connectivity index (χ1n) is 4.23. The van der Waals surface area contributed by atoms with Gasteiger partial charge in [-0.25, -0.2) is 0 Å². The number of nitrogens with two attached hydrogens (primary N) is 1. The van der Waals surface area contributed by atoms with E-state index in [1.54, 1.807) is 25.3 Å². The standard InChI is InChI=1S/C11H10N2OS/c1-14-10-4-2-8(3-5-10)6-9(7-12)11(13)15/h2-6H,1H3,(H2,13,15)/b9-6-. The molecule has 0 fully saturated rings. The van der Waals surface area contributed by atoms with Gasteiger partial charge in [0, 0.05) is 0 Å². The number of hydrogen-bond acceptors (Lipinski definition) is 3. The quantitative estimate of drug-likeness (QED) is 0.478. The molecule has 0 aliphatic heterocycles. The summed E-state index contributed by atoms with van der Waals surface area (Å²) in [5.41, 5.74) is 6.53. The minimum Gasteiger partial charge on any atom is -0.497 e. The third-order valence-corrected chi connectivity index (χ3v) is 2.03. The van der Waals surface area contributed by atoms with Gasteiger partial charge in [-0.3, -0.25) is 0 Å². The second kappa shape index (κ2) is 5.13. The highest BCUT2D eigenvalue weighted by molar-refractivity contribution is 7.80. The minimum atomic E-state index is 0.105. The maximum absolute atomic E-state index is 8.75. The molecule has 1 aromatic carbocycles. The fraction of sp³-hybridized carbons (Fsp3) is 0.0909. The summed E-state index contributed by atoms with van der Waals surface area (Å²) in [7, 11) is 1.60. The zero-order chi connectivity index (χ0) is 11.3. The third kappa shape index (κ3) is 3.08. The van der Waals surface area contributed by atoms with Gasteiger partial charge in [-0.2, -0.15) is 5.26 Å². The number of methoxy groups -OCH3 is 1. The lowest BCUT2D eigenvalue weighted by atomic mass is 10.1. The van der Waals surface area contributed by atoms with Crippen LogP contribution < -0.4 is 10.5 Å². The molecule has 4 heteroatoms. The Bertz CT molecular complexity index is 429. The van der Waals surface area contributed by atoms with Gasteiger partial charge in [0.05, 0.1) is 12.7 Å². The highest BCUT2D eigenvalue weighted by Gasteiger charge is 1.99. The van der Waals surface area contributed by atoms with E-state index >= 15 is 0 Å². The maximum Gasteiger partial charge on any atom is 0.118 e. The van der Waals surface area contributed by atoms with Crippen LogP contribution >= 0.6 is 12.2 Å². The van der Waals surface area contributed by atoms with Gasteiger partial charge in [-0.05, 0) is 23.8 Å². The average Bonchev–Trinajstić information content (AvgIpc) is 2.26. The zero-order valence-corrected chi connectivity index (χ0v) is 9.04. The van der Waals surface area contributed by atoms with Crippen LogP contribution in [0.4, 0.5) is 0 Å². The fourth-order valence-electron chi connectivity index (χ4n) is 1.03. The van der Waals surface area contributed by atoms with Gasteiger partial charge < -0.3 is 10.5 Å². The number of benzene rings is 1. The molecule has 3 nitrogen and oxygen atoms in total. The Labute approximate surface area is 93.8 Å². The van der Waals surface area contributed by atoms with Crippen molar-refractivity contribution in [1.82, 2.24) is 0 Å². The summed E-state index contributed by atoms with van der Waals surface area (Å²) in [6, 6.07) is 9.21. The second-order valence-electron chi connectivity index (χ2n) is 2.81. The molecular formula is C11H10N2OS. The Hall–Kier alpha value is -1.86. The molecule has 0 atom stereocenters. The monoisotopic (exact) mass is 218 g/mol. The molecule has 0 aliphatic rings. The van der Waals surface area contributed by atoms with Crippen molar-refractivity contribution in [2.24, 2.45) is 5.73 Å². The Kier molecular flexibility index (Phi) is 3.83. The van der Waals surface area contributed by atoms with Crippen molar-refractivity contribution < 1.29 is 4.74 Å². The topological polar surface area (TPSA) is 59.0 Å². The summed E-state index contributed by atoms with van der Waals surface area (Å²) in [5.74, 6) is 0.765. The fourth-order valence-corrected chi connectivity index (χ4v) is 1.13. The zero-order valence-electron chi connectivity index (χ0n) is 8.23. The predicted molar refractivity (Wildman–Crippen MR) is 63.4 cm³/mol. The number of ether oxygens (including phenoxy) is 1. The molecule has 0 aromatic heterocycles. The van der Waals surface area contributed by atoms with Crippen molar-refractivity contribution in [3.63, 3.8) is 0 Å². The SMILES string of the molecule is COc1ccc(/C=C(/C#N)C(N)=S)cc1. The van der Waals surface area contributed by atoms with Crippen LogP contribution in [0.3, 0.4) is 0 Å². The van der Waals surface area contributed by atoms with Crippen LogP contribution in [0.1, 0.15) is 5.56 Å². The molecule has 0 radical (unpaired) electrons. The van der Waals surface area contributed by atoms with Crippen molar-refractivity contribution in [1.29, 1.82) is 5.26 Å². The highest BCUT2D eigenvalue weighted by atomic mass is 32.1. The van der Waals surface area contributed by atoms with E-state index in [0.717, 1.165) is 11.3 Å². The second-order valence-corrected chi connectivity index (χ2v) is 3.25. The first-order valence-corrected chi connectivity index (χ1v) is 4.64. The maximum atomic E-state index is 8.75. The first-order chi connectivity index (χ1) is 7.17. The van der Waals surface area contributed by atoms with E-state index in [2.05, 4.69) is 0 Å². The summed E-state index contributed by atoms with van der Waals surface area (Å²) >= 11 is 4.73. The van der Waals surface area contributed by atoms with Crippen molar-refractivity contribution in [3.8, 4) is 11.8 Å². The Morgan fingerprint density at radius 1 is 1.47 bits per heavy atom. The summed E-state index contributed by atoms with van der Waals surface area (Å²) < 4.78 is 5.01. The number of rotatable bonds is 3. The molecule has 0 saturated carbocycles. The van der Waals surface area contributed by atoms with Crippen LogP contribution in [0.25, 0.3) is 6.08 Å². The summed E-state index contributed by atoms with van der Waals surface area (Å²) in [6.07, 6.45) is 1.64. The number of nitrogens with zero attached hydrogens (tertiary/aromatic N) is 1. The molecule has 1 rings (SSSR count). The first kappa shape index (κ1) is 11.2. The molecule has 0 bridgehead atoms. The van der Waals surface area contributed by atoms with Crippen molar-refractivity contribution in [2.45, 2.75) is 0 Å². The molecular weight excluding hydrogens is 208 g/mol. The van der Waals surface area contributed by atoms with E-state index in [9.17, 15) is 0 Å². The van der Waals surface area contributed by atoms with E-state index < -0.39 is 0 Å². The molecule has 0 heterocycles. The smallest absolute Gasteiger partial charge is 0.118 e. The number of thiocarbonyl (C=S) groups is 1. The molecule has 0 unspecified atom stereocenters. The minimum absolute atomic E-state index is 0.105. The summed E-state index contributed by atoms with van der Waals surface area (Å²) in [5, 5.41) is 8.75. The van der Waals surface area contributed by atoms with Gasteiger partial charge in [-0.1, -0.05) is 24.4 Å². The van der Waals surface area contributed by atoms with Crippen molar-refractivity contribution in [3.05, 3.63) is 35.4 Å². The molecule has 1 aromatic rings. The molecule has 15 heavy (non-hydrogen) atoms. The Morgan fingerprint density at radius 2 is 2.07 bits per heavy atom. The summed E-state index contributed by atoms with van der Waals surface area (Å²) in [6.45, 7) is 0. The van der Waals surface area contributed by atoms with Crippen LogP contribution in [-0.2, 0) is 0 Å². The molecule has 0 saturated heterocycles. The molecule has 76 valence electrons. The molecule has 2 N–H and O–H groups in total. The van der Waals surface area contributed by atoms with Gasteiger partial charge in [0.2, 0.25) is 0 Å². The molecule has 0 aliphatic carbocycles. The lowest BCUT2D eigenvalue weighted by molar-refractivity contribution is 0.415. The van der Waals surface area contributed by atoms with Crippen LogP contribution in [0.2, 0.25) is 0 Å². The van der Waals surface area contributed by atoms with Crippen molar-refractivity contribution in [2.75, 3.05) is 7.11 Å². The molecule has 0 spiro atoms. The lowest BCUT2D eigenvalue weighted by Crippen LogP contribution is -2.09. The Balaban J connectivity index is 2.98. The third-order valence-electron chi connectivity index (χ3n) is 1.81. The predicted octanol–water partition coefficient (Wildman–Crippen LogP) is 1.89. The van der Waals surface area contributed by atoms with Crippen molar-refractivity contribution >= 4 is 23.3 Å². The lowest BCUT2D eigenvalue weighted by Gasteiger charge is -2.00. The molecule has 0 amide bonds. The van der Waals surface area contributed by atoms with Gasteiger partial charge in [0.25, 0.3) is 0 Å². The normalized spacial score (nSPS) is 10.5. The summed E-state index contributed by atoms with van der Waals surface area (Å²) in [4.78, 5) is 0.105. The van der Waals surface area contributed by atoms with E-state index in [1.165, 1.54) is 0 Å². The van der Waals surface area contributed by atoms with Gasteiger partial charge in [-0.15, -0.1) is 0 Å². The van der Waals surface area contributed by atoms with E-state index in [0.29, 0.717) is 5.57 Å². The van der Waals surface area contributed by atoms with E-state index in [1.807, 2.05) is 18.2 Å². The van der Waals surface area contributed by atoms with Crippen LogP contribution in [0.15, 0.2) is 29.8 Å². The van der Waals surface area contributed by atoms with Gasteiger partial charge in [0.1, 0.15) is 16.8 Å².